The van der Waals surface area contributed by atoms with E-state index in [2.05, 4.69) is 48.7 Å². The topological polar surface area (TPSA) is 56.7 Å². The van der Waals surface area contributed by atoms with Gasteiger partial charge in [-0.1, -0.05) is 17.3 Å². The van der Waals surface area contributed by atoms with Crippen molar-refractivity contribution in [3.05, 3.63) is 54.1 Å². The molecule has 0 bridgehead atoms. The van der Waals surface area contributed by atoms with E-state index in [1.165, 1.54) is 6.21 Å². The number of nitrogens with one attached hydrogen (secondary N) is 2. The van der Waals surface area contributed by atoms with Crippen molar-refractivity contribution in [2.75, 3.05) is 10.6 Å². The summed E-state index contributed by atoms with van der Waals surface area (Å²) in [6, 6.07) is 15.8. The molecule has 0 atom stereocenters. The Bertz CT molecular complexity index is 595. The lowest BCUT2D eigenvalue weighted by molar-refractivity contribution is 0.322. The van der Waals surface area contributed by atoms with Crippen molar-refractivity contribution < 1.29 is 5.21 Å². The molecule has 0 radical (unpaired) electrons. The normalized spacial score (nSPS) is 11.6. The van der Waals surface area contributed by atoms with Crippen molar-refractivity contribution in [2.45, 2.75) is 26.3 Å². The van der Waals surface area contributed by atoms with Crippen LogP contribution in [0.2, 0.25) is 0 Å². The number of anilines is 3. The highest BCUT2D eigenvalue weighted by Gasteiger charge is 2.08. The summed E-state index contributed by atoms with van der Waals surface area (Å²) in [5, 5.41) is 18.2. The van der Waals surface area contributed by atoms with Crippen molar-refractivity contribution >= 4 is 23.3 Å². The molecule has 2 rings (SSSR count). The molecular formula is C17H21N3O. The lowest BCUT2D eigenvalue weighted by Gasteiger charge is -2.22. The van der Waals surface area contributed by atoms with E-state index in [9.17, 15) is 0 Å². The van der Waals surface area contributed by atoms with Crippen LogP contribution in [0.1, 0.15) is 26.3 Å². The molecule has 0 spiro atoms. The number of nitrogens with zero attached hydrogens (tertiary/aromatic N) is 1. The van der Waals surface area contributed by atoms with Crippen LogP contribution in [-0.4, -0.2) is 17.0 Å². The summed E-state index contributed by atoms with van der Waals surface area (Å²) in [5.74, 6) is 0. The molecule has 21 heavy (non-hydrogen) atoms. The summed E-state index contributed by atoms with van der Waals surface area (Å²) >= 11 is 0. The highest BCUT2D eigenvalue weighted by molar-refractivity contribution is 5.80. The molecule has 0 aliphatic heterocycles. The standard InChI is InChI=1S/C17H21N3O/c1-17(2,3)20-16-10-8-15(9-11-16)19-14-6-4-13(5-7-14)12-18-21/h4-12,19-21H,1-3H3/b18-12+. The summed E-state index contributed by atoms with van der Waals surface area (Å²) in [4.78, 5) is 0. The van der Waals surface area contributed by atoms with E-state index in [1.54, 1.807) is 0 Å². The molecule has 0 aliphatic carbocycles. The van der Waals surface area contributed by atoms with E-state index >= 15 is 0 Å². The third-order valence-corrected chi connectivity index (χ3v) is 2.81. The number of benzene rings is 2. The van der Waals surface area contributed by atoms with Gasteiger partial charge in [0.05, 0.1) is 6.21 Å². The van der Waals surface area contributed by atoms with Gasteiger partial charge in [-0.3, -0.25) is 0 Å². The van der Waals surface area contributed by atoms with Crippen molar-refractivity contribution in [2.24, 2.45) is 5.16 Å². The largest absolute Gasteiger partial charge is 0.411 e. The first kappa shape index (κ1) is 14.9. The zero-order valence-corrected chi connectivity index (χ0v) is 12.6. The molecule has 0 unspecified atom stereocenters. The highest BCUT2D eigenvalue weighted by Crippen LogP contribution is 2.21. The van der Waals surface area contributed by atoms with Gasteiger partial charge in [-0.15, -0.1) is 0 Å². The van der Waals surface area contributed by atoms with E-state index in [-0.39, 0.29) is 5.54 Å². The van der Waals surface area contributed by atoms with Gasteiger partial charge < -0.3 is 15.8 Å². The third kappa shape index (κ3) is 4.84. The molecule has 0 saturated heterocycles. The molecule has 0 fully saturated rings. The van der Waals surface area contributed by atoms with E-state index in [0.29, 0.717) is 0 Å². The summed E-state index contributed by atoms with van der Waals surface area (Å²) < 4.78 is 0. The van der Waals surface area contributed by atoms with Gasteiger partial charge >= 0.3 is 0 Å². The molecule has 0 heterocycles. The van der Waals surface area contributed by atoms with E-state index in [0.717, 1.165) is 22.6 Å². The summed E-state index contributed by atoms with van der Waals surface area (Å²) in [6.45, 7) is 6.41. The first-order chi connectivity index (χ1) is 9.96. The Morgan fingerprint density at radius 1 is 0.857 bits per heavy atom. The smallest absolute Gasteiger partial charge is 0.0733 e. The second-order valence-electron chi connectivity index (χ2n) is 5.94. The Morgan fingerprint density at radius 3 is 1.81 bits per heavy atom. The molecule has 110 valence electrons. The molecule has 4 heteroatoms. The number of rotatable bonds is 4. The second-order valence-corrected chi connectivity index (χ2v) is 5.94. The maximum absolute atomic E-state index is 8.48. The van der Waals surface area contributed by atoms with Gasteiger partial charge in [0, 0.05) is 22.6 Å². The predicted molar refractivity (Wildman–Crippen MR) is 88.9 cm³/mol. The molecule has 3 N–H and O–H groups in total. The zero-order chi connectivity index (χ0) is 15.3. The molecule has 0 aromatic heterocycles. The van der Waals surface area contributed by atoms with Gasteiger partial charge in [0.1, 0.15) is 0 Å². The third-order valence-electron chi connectivity index (χ3n) is 2.81. The van der Waals surface area contributed by atoms with Crippen LogP contribution >= 0.6 is 0 Å². The number of oxime groups is 1. The van der Waals surface area contributed by atoms with E-state index < -0.39 is 0 Å². The Labute approximate surface area is 125 Å². The van der Waals surface area contributed by atoms with E-state index in [4.69, 9.17) is 5.21 Å². The SMILES string of the molecule is CC(C)(C)Nc1ccc(Nc2ccc(/C=N/O)cc2)cc1. The molecule has 2 aromatic rings. The zero-order valence-electron chi connectivity index (χ0n) is 12.6. The summed E-state index contributed by atoms with van der Waals surface area (Å²) in [7, 11) is 0. The highest BCUT2D eigenvalue weighted by atomic mass is 16.4. The molecule has 0 saturated carbocycles. The predicted octanol–water partition coefficient (Wildman–Crippen LogP) is 4.45. The van der Waals surface area contributed by atoms with Gasteiger partial charge in [0.15, 0.2) is 0 Å². The van der Waals surface area contributed by atoms with Gasteiger partial charge in [0.2, 0.25) is 0 Å². The Morgan fingerprint density at radius 2 is 1.33 bits per heavy atom. The molecule has 4 nitrogen and oxygen atoms in total. The second kappa shape index (κ2) is 6.31. The van der Waals surface area contributed by atoms with E-state index in [1.807, 2.05) is 36.4 Å². The molecular weight excluding hydrogens is 262 g/mol. The van der Waals surface area contributed by atoms with Gasteiger partial charge in [-0.2, -0.15) is 0 Å². The van der Waals surface area contributed by atoms with Crippen molar-refractivity contribution in [3.8, 4) is 0 Å². The average Bonchev–Trinajstić information content (AvgIpc) is 2.42. The van der Waals surface area contributed by atoms with Crippen molar-refractivity contribution in [1.82, 2.24) is 0 Å². The molecule has 2 aromatic carbocycles. The first-order valence-corrected chi connectivity index (χ1v) is 6.89. The van der Waals surface area contributed by atoms with Crippen LogP contribution in [0.15, 0.2) is 53.7 Å². The minimum atomic E-state index is 0.0546. The minimum absolute atomic E-state index is 0.0546. The Kier molecular flexibility index (Phi) is 4.48. The summed E-state index contributed by atoms with van der Waals surface area (Å²) in [6.07, 6.45) is 1.40. The van der Waals surface area contributed by atoms with Crippen molar-refractivity contribution in [1.29, 1.82) is 0 Å². The molecule has 0 aliphatic rings. The minimum Gasteiger partial charge on any atom is -0.411 e. The summed E-state index contributed by atoms with van der Waals surface area (Å²) in [5.41, 5.74) is 4.02. The Hall–Kier alpha value is -2.49. The fraction of sp³-hybridized carbons (Fsp3) is 0.235. The van der Waals surface area contributed by atoms with Crippen LogP contribution < -0.4 is 10.6 Å². The fourth-order valence-electron chi connectivity index (χ4n) is 1.96. The van der Waals surface area contributed by atoms with Crippen LogP contribution in [0.4, 0.5) is 17.1 Å². The molecule has 0 amide bonds. The van der Waals surface area contributed by atoms with Crippen LogP contribution in [-0.2, 0) is 0 Å². The van der Waals surface area contributed by atoms with Crippen LogP contribution in [0.25, 0.3) is 0 Å². The maximum Gasteiger partial charge on any atom is 0.0733 e. The number of hydrogen-bond acceptors (Lipinski definition) is 4. The van der Waals surface area contributed by atoms with Gasteiger partial charge in [-0.05, 0) is 62.7 Å². The Balaban J connectivity index is 2.03. The first-order valence-electron chi connectivity index (χ1n) is 6.89. The lowest BCUT2D eigenvalue weighted by Crippen LogP contribution is -2.25. The van der Waals surface area contributed by atoms with Crippen molar-refractivity contribution in [3.63, 3.8) is 0 Å². The number of hydrogen-bond donors (Lipinski definition) is 3. The van der Waals surface area contributed by atoms with Gasteiger partial charge in [-0.25, -0.2) is 0 Å². The lowest BCUT2D eigenvalue weighted by atomic mass is 10.1. The maximum atomic E-state index is 8.48. The van der Waals surface area contributed by atoms with Crippen LogP contribution in [0.3, 0.4) is 0 Å². The van der Waals surface area contributed by atoms with Crippen LogP contribution in [0, 0.1) is 0 Å². The fourth-order valence-corrected chi connectivity index (χ4v) is 1.96. The quantitative estimate of drug-likeness (QED) is 0.441. The average molecular weight is 283 g/mol. The van der Waals surface area contributed by atoms with Crippen LogP contribution in [0.5, 0.6) is 0 Å². The van der Waals surface area contributed by atoms with Gasteiger partial charge in [0.25, 0.3) is 0 Å². The monoisotopic (exact) mass is 283 g/mol.